The fourth-order valence-corrected chi connectivity index (χ4v) is 1.57. The Bertz CT molecular complexity index is 541. The molecule has 0 saturated heterocycles. The van der Waals surface area contributed by atoms with Crippen molar-refractivity contribution in [2.45, 2.75) is 13.8 Å². The second-order valence-electron chi connectivity index (χ2n) is 3.81. The molecule has 0 atom stereocenters. The maximum Gasteiger partial charge on any atom is 0.228 e. The first kappa shape index (κ1) is 10.5. The van der Waals surface area contributed by atoms with Crippen molar-refractivity contribution in [2.24, 2.45) is 0 Å². The summed E-state index contributed by atoms with van der Waals surface area (Å²) >= 11 is 0. The molecule has 0 radical (unpaired) electrons. The van der Waals surface area contributed by atoms with Gasteiger partial charge in [0.1, 0.15) is 5.76 Å². The number of benzene rings is 1. The number of rotatable bonds is 2. The predicted octanol–water partition coefficient (Wildman–Crippen LogP) is 2.71. The van der Waals surface area contributed by atoms with Gasteiger partial charge in [-0.15, -0.1) is 0 Å². The van der Waals surface area contributed by atoms with E-state index in [1.807, 2.05) is 19.9 Å². The minimum Gasteiger partial charge on any atom is -0.458 e. The van der Waals surface area contributed by atoms with Gasteiger partial charge in [0, 0.05) is 11.3 Å². The number of aryl methyl sites for hydroxylation is 2. The lowest BCUT2D eigenvalue weighted by Gasteiger charge is -2.03. The van der Waals surface area contributed by atoms with Crippen LogP contribution in [0, 0.1) is 13.8 Å². The van der Waals surface area contributed by atoms with Gasteiger partial charge in [0.2, 0.25) is 5.78 Å². The van der Waals surface area contributed by atoms with Gasteiger partial charge in [0.25, 0.3) is 0 Å². The van der Waals surface area contributed by atoms with Gasteiger partial charge in [-0.05, 0) is 43.7 Å². The zero-order valence-corrected chi connectivity index (χ0v) is 9.28. The summed E-state index contributed by atoms with van der Waals surface area (Å²) in [7, 11) is 0. The number of carbonyl (C=O) groups excluding carboxylic acids is 1. The summed E-state index contributed by atoms with van der Waals surface area (Å²) in [6.07, 6.45) is 0. The van der Waals surface area contributed by atoms with Crippen molar-refractivity contribution >= 4 is 11.5 Å². The SMILES string of the molecule is Cc1ccc(C(=O)c2cc(N)ccc2C)o1. The van der Waals surface area contributed by atoms with Crippen molar-refractivity contribution < 1.29 is 9.21 Å². The molecule has 3 heteroatoms. The molecule has 1 aromatic carbocycles. The Morgan fingerprint density at radius 1 is 1.19 bits per heavy atom. The standard InChI is InChI=1S/C13H13NO2/c1-8-3-5-10(14)7-11(8)13(15)12-6-4-9(2)16-12/h3-7H,14H2,1-2H3. The number of hydrogen-bond donors (Lipinski definition) is 1. The Kier molecular flexibility index (Phi) is 2.52. The Balaban J connectivity index is 2.45. The van der Waals surface area contributed by atoms with Crippen molar-refractivity contribution in [3.8, 4) is 0 Å². The lowest BCUT2D eigenvalue weighted by atomic mass is 10.0. The highest BCUT2D eigenvalue weighted by molar-refractivity contribution is 6.08. The van der Waals surface area contributed by atoms with Gasteiger partial charge >= 0.3 is 0 Å². The Labute approximate surface area is 93.9 Å². The van der Waals surface area contributed by atoms with Crippen molar-refractivity contribution in [1.82, 2.24) is 0 Å². The first-order valence-corrected chi connectivity index (χ1v) is 5.05. The molecule has 0 amide bonds. The monoisotopic (exact) mass is 215 g/mol. The highest BCUT2D eigenvalue weighted by Gasteiger charge is 2.15. The molecule has 2 aromatic rings. The highest BCUT2D eigenvalue weighted by Crippen LogP contribution is 2.18. The molecule has 0 fully saturated rings. The van der Waals surface area contributed by atoms with Crippen LogP contribution in [0.3, 0.4) is 0 Å². The van der Waals surface area contributed by atoms with Crippen molar-refractivity contribution in [3.05, 3.63) is 53.0 Å². The van der Waals surface area contributed by atoms with Crippen molar-refractivity contribution in [1.29, 1.82) is 0 Å². The van der Waals surface area contributed by atoms with E-state index >= 15 is 0 Å². The third-order valence-corrected chi connectivity index (χ3v) is 2.47. The number of ketones is 1. The summed E-state index contributed by atoms with van der Waals surface area (Å²) < 4.78 is 5.30. The van der Waals surface area contributed by atoms with Crippen LogP contribution in [-0.2, 0) is 0 Å². The summed E-state index contributed by atoms with van der Waals surface area (Å²) in [6.45, 7) is 3.69. The Morgan fingerprint density at radius 2 is 1.94 bits per heavy atom. The molecule has 0 aliphatic rings. The molecule has 0 saturated carbocycles. The molecule has 1 heterocycles. The minimum absolute atomic E-state index is 0.127. The van der Waals surface area contributed by atoms with Crippen LogP contribution in [0.15, 0.2) is 34.7 Å². The number of nitrogens with two attached hydrogens (primary N) is 1. The summed E-state index contributed by atoms with van der Waals surface area (Å²) in [4.78, 5) is 12.1. The van der Waals surface area contributed by atoms with E-state index < -0.39 is 0 Å². The van der Waals surface area contributed by atoms with Crippen LogP contribution in [0.1, 0.15) is 27.4 Å². The van der Waals surface area contributed by atoms with Gasteiger partial charge in [-0.1, -0.05) is 6.07 Å². The Hall–Kier alpha value is -2.03. The summed E-state index contributed by atoms with van der Waals surface area (Å²) in [5, 5.41) is 0. The molecular formula is C13H13NO2. The van der Waals surface area contributed by atoms with Gasteiger partial charge in [-0.25, -0.2) is 0 Å². The van der Waals surface area contributed by atoms with Gasteiger partial charge in [0.05, 0.1) is 0 Å². The van der Waals surface area contributed by atoms with E-state index in [2.05, 4.69) is 0 Å². The van der Waals surface area contributed by atoms with Gasteiger partial charge < -0.3 is 10.2 Å². The van der Waals surface area contributed by atoms with E-state index in [1.165, 1.54) is 0 Å². The van der Waals surface area contributed by atoms with Crippen LogP contribution in [0.2, 0.25) is 0 Å². The largest absolute Gasteiger partial charge is 0.458 e. The normalized spacial score (nSPS) is 10.4. The van der Waals surface area contributed by atoms with E-state index in [0.717, 1.165) is 11.3 Å². The van der Waals surface area contributed by atoms with Crippen LogP contribution < -0.4 is 5.73 Å². The highest BCUT2D eigenvalue weighted by atomic mass is 16.3. The summed E-state index contributed by atoms with van der Waals surface area (Å²) in [5.74, 6) is 0.953. The first-order chi connectivity index (χ1) is 7.58. The smallest absolute Gasteiger partial charge is 0.228 e. The molecule has 1 aromatic heterocycles. The lowest BCUT2D eigenvalue weighted by molar-refractivity contribution is 0.101. The molecule has 2 rings (SSSR count). The second-order valence-corrected chi connectivity index (χ2v) is 3.81. The number of anilines is 1. The molecule has 2 N–H and O–H groups in total. The summed E-state index contributed by atoms with van der Waals surface area (Å²) in [6, 6.07) is 8.74. The molecule has 0 unspecified atom stereocenters. The quantitative estimate of drug-likeness (QED) is 0.619. The zero-order valence-electron chi connectivity index (χ0n) is 9.28. The summed E-state index contributed by atoms with van der Waals surface area (Å²) in [5.41, 5.74) is 7.74. The van der Waals surface area contributed by atoms with E-state index in [0.29, 0.717) is 17.0 Å². The van der Waals surface area contributed by atoms with Crippen LogP contribution in [-0.4, -0.2) is 5.78 Å². The average molecular weight is 215 g/mol. The molecule has 0 aliphatic carbocycles. The maximum atomic E-state index is 12.1. The molecule has 82 valence electrons. The van der Waals surface area contributed by atoms with Crippen molar-refractivity contribution in [3.63, 3.8) is 0 Å². The third-order valence-electron chi connectivity index (χ3n) is 2.47. The predicted molar refractivity (Wildman–Crippen MR) is 62.5 cm³/mol. The topological polar surface area (TPSA) is 56.2 Å². The van der Waals surface area contributed by atoms with E-state index in [4.69, 9.17) is 10.2 Å². The lowest BCUT2D eigenvalue weighted by Crippen LogP contribution is -2.03. The average Bonchev–Trinajstić information content (AvgIpc) is 2.67. The van der Waals surface area contributed by atoms with Crippen LogP contribution >= 0.6 is 0 Å². The number of carbonyl (C=O) groups is 1. The molecule has 0 aliphatic heterocycles. The van der Waals surface area contributed by atoms with E-state index in [1.54, 1.807) is 24.3 Å². The maximum absolute atomic E-state index is 12.1. The minimum atomic E-state index is -0.127. The molecule has 0 bridgehead atoms. The number of hydrogen-bond acceptors (Lipinski definition) is 3. The zero-order chi connectivity index (χ0) is 11.7. The first-order valence-electron chi connectivity index (χ1n) is 5.05. The van der Waals surface area contributed by atoms with Gasteiger partial charge in [-0.3, -0.25) is 4.79 Å². The molecule has 3 nitrogen and oxygen atoms in total. The third kappa shape index (κ3) is 1.84. The number of nitrogen functional groups attached to an aromatic ring is 1. The fraction of sp³-hybridized carbons (Fsp3) is 0.154. The molecular weight excluding hydrogens is 202 g/mol. The van der Waals surface area contributed by atoms with E-state index in [-0.39, 0.29) is 5.78 Å². The van der Waals surface area contributed by atoms with E-state index in [9.17, 15) is 4.79 Å². The van der Waals surface area contributed by atoms with Gasteiger partial charge in [0.15, 0.2) is 5.76 Å². The number of furan rings is 1. The van der Waals surface area contributed by atoms with Crippen molar-refractivity contribution in [2.75, 3.05) is 5.73 Å². The van der Waals surface area contributed by atoms with Gasteiger partial charge in [-0.2, -0.15) is 0 Å². The van der Waals surface area contributed by atoms with Crippen LogP contribution in [0.25, 0.3) is 0 Å². The molecule has 0 spiro atoms. The van der Waals surface area contributed by atoms with Crippen LogP contribution in [0.5, 0.6) is 0 Å². The fourth-order valence-electron chi connectivity index (χ4n) is 1.57. The van der Waals surface area contributed by atoms with Crippen LogP contribution in [0.4, 0.5) is 5.69 Å². The Morgan fingerprint density at radius 3 is 2.56 bits per heavy atom. The second kappa shape index (κ2) is 3.85. The molecule has 16 heavy (non-hydrogen) atoms.